The molecule has 0 aromatic carbocycles. The highest BCUT2D eigenvalue weighted by Crippen LogP contribution is 2.13. The van der Waals surface area contributed by atoms with Crippen LogP contribution in [0.25, 0.3) is 0 Å². The van der Waals surface area contributed by atoms with Gasteiger partial charge in [0, 0.05) is 35.2 Å². The Morgan fingerprint density at radius 1 is 0.625 bits per heavy atom. The maximum absolute atomic E-state index is 4.49. The lowest BCUT2D eigenvalue weighted by atomic mass is 10.1. The first-order valence-corrected chi connectivity index (χ1v) is 12.0. The fourth-order valence-corrected chi connectivity index (χ4v) is 2.82. The van der Waals surface area contributed by atoms with Crippen molar-refractivity contribution in [2.75, 3.05) is 0 Å². The first-order valence-electron chi connectivity index (χ1n) is 12.0. The third kappa shape index (κ3) is 10.2. The Morgan fingerprint density at radius 3 is 1.59 bits per heavy atom. The van der Waals surface area contributed by atoms with Crippen molar-refractivity contribution in [2.45, 2.75) is 92.9 Å². The van der Waals surface area contributed by atoms with E-state index < -0.39 is 0 Å². The van der Waals surface area contributed by atoms with Crippen molar-refractivity contribution < 1.29 is 0 Å². The molecular weight excluding hydrogens is 390 g/mol. The number of aromatic nitrogens is 3. The standard InChI is InChI=1S/2C10H15N.C9H13N/c1-4-10-6-5-9(7-11-10)8(2)3;1-4-9-6-5-7-10(11-9)8(2)3;1-7(2)9-5-4-8(3)10-6-9/h2*5-8H,4H2,1-3H3;4-7H,1-3H3. The Labute approximate surface area is 196 Å². The van der Waals surface area contributed by atoms with Crippen LogP contribution in [0.3, 0.4) is 0 Å². The maximum Gasteiger partial charge on any atom is 0.0432 e. The van der Waals surface area contributed by atoms with E-state index in [1.54, 1.807) is 0 Å². The second-order valence-corrected chi connectivity index (χ2v) is 9.04. The van der Waals surface area contributed by atoms with E-state index in [2.05, 4.69) is 113 Å². The molecule has 3 heterocycles. The number of hydrogen-bond donors (Lipinski definition) is 0. The fourth-order valence-electron chi connectivity index (χ4n) is 2.82. The lowest BCUT2D eigenvalue weighted by molar-refractivity contribution is 0.807. The molecule has 0 aliphatic carbocycles. The molecule has 0 amide bonds. The molecule has 3 heteroatoms. The summed E-state index contributed by atoms with van der Waals surface area (Å²) in [4.78, 5) is 13.0. The highest BCUT2D eigenvalue weighted by molar-refractivity contribution is 5.17. The molecule has 3 nitrogen and oxygen atoms in total. The zero-order valence-electron chi connectivity index (χ0n) is 21.7. The van der Waals surface area contributed by atoms with Crippen LogP contribution in [0.2, 0.25) is 0 Å². The van der Waals surface area contributed by atoms with E-state index in [4.69, 9.17) is 0 Å². The van der Waals surface area contributed by atoms with Gasteiger partial charge in [-0.05, 0) is 72.9 Å². The van der Waals surface area contributed by atoms with Crippen LogP contribution >= 0.6 is 0 Å². The van der Waals surface area contributed by atoms with Gasteiger partial charge >= 0.3 is 0 Å². The van der Waals surface area contributed by atoms with Gasteiger partial charge in [-0.3, -0.25) is 15.0 Å². The lowest BCUT2D eigenvalue weighted by Crippen LogP contribution is -1.95. The number of hydrogen-bond acceptors (Lipinski definition) is 3. The van der Waals surface area contributed by atoms with E-state index in [1.807, 2.05) is 19.3 Å². The lowest BCUT2D eigenvalue weighted by Gasteiger charge is -2.04. The highest BCUT2D eigenvalue weighted by Gasteiger charge is 2.00. The van der Waals surface area contributed by atoms with Crippen LogP contribution in [0.15, 0.2) is 54.9 Å². The van der Waals surface area contributed by atoms with Crippen LogP contribution in [0, 0.1) is 6.92 Å². The Kier molecular flexibility index (Phi) is 12.5. The average Bonchev–Trinajstić information content (AvgIpc) is 2.80. The maximum atomic E-state index is 4.49. The van der Waals surface area contributed by atoms with E-state index >= 15 is 0 Å². The molecule has 174 valence electrons. The number of nitrogens with zero attached hydrogens (tertiary/aromatic N) is 3. The topological polar surface area (TPSA) is 38.7 Å². The summed E-state index contributed by atoms with van der Waals surface area (Å²) >= 11 is 0. The summed E-state index contributed by atoms with van der Waals surface area (Å²) < 4.78 is 0. The van der Waals surface area contributed by atoms with Gasteiger partial charge in [0.05, 0.1) is 0 Å². The largest absolute Gasteiger partial charge is 0.261 e. The van der Waals surface area contributed by atoms with Crippen molar-refractivity contribution >= 4 is 0 Å². The Morgan fingerprint density at radius 2 is 1.19 bits per heavy atom. The van der Waals surface area contributed by atoms with Gasteiger partial charge in [0.25, 0.3) is 0 Å². The van der Waals surface area contributed by atoms with Crippen molar-refractivity contribution in [3.63, 3.8) is 0 Å². The molecule has 0 saturated carbocycles. The zero-order valence-corrected chi connectivity index (χ0v) is 21.7. The molecule has 0 aliphatic rings. The summed E-state index contributed by atoms with van der Waals surface area (Å²) in [5.41, 5.74) is 7.28. The second kappa shape index (κ2) is 14.5. The molecule has 32 heavy (non-hydrogen) atoms. The minimum absolute atomic E-state index is 0.543. The molecule has 0 unspecified atom stereocenters. The first kappa shape index (κ1) is 27.5. The molecule has 3 aromatic heterocycles. The molecule has 3 aromatic rings. The smallest absolute Gasteiger partial charge is 0.0432 e. The Balaban J connectivity index is 0.000000240. The second-order valence-electron chi connectivity index (χ2n) is 9.04. The first-order chi connectivity index (χ1) is 15.2. The molecule has 0 atom stereocenters. The molecule has 3 rings (SSSR count). The van der Waals surface area contributed by atoms with Gasteiger partial charge in [0.1, 0.15) is 0 Å². The minimum atomic E-state index is 0.543. The molecule has 0 spiro atoms. The molecule has 0 saturated heterocycles. The summed E-state index contributed by atoms with van der Waals surface area (Å²) in [5, 5.41) is 0. The molecule has 0 fully saturated rings. The average molecular weight is 434 g/mol. The van der Waals surface area contributed by atoms with Gasteiger partial charge < -0.3 is 0 Å². The van der Waals surface area contributed by atoms with Crippen LogP contribution < -0.4 is 0 Å². The highest BCUT2D eigenvalue weighted by atomic mass is 14.7. The molecule has 0 bridgehead atoms. The quantitative estimate of drug-likeness (QED) is 0.408. The van der Waals surface area contributed by atoms with E-state index in [9.17, 15) is 0 Å². The number of rotatable bonds is 5. The molecular formula is C29H43N3. The normalized spacial score (nSPS) is 10.5. The predicted molar refractivity (Wildman–Crippen MR) is 138 cm³/mol. The van der Waals surface area contributed by atoms with Gasteiger partial charge in [-0.25, -0.2) is 0 Å². The SMILES string of the molecule is CCc1ccc(C(C)C)cn1.CCc1cccc(C(C)C)n1.Cc1ccc(C(C)C)cn1. The molecule has 0 aliphatic heterocycles. The third-order valence-corrected chi connectivity index (χ3v) is 5.26. The predicted octanol–water partition coefficient (Wildman–Crippen LogP) is 8.05. The fraction of sp³-hybridized carbons (Fsp3) is 0.483. The van der Waals surface area contributed by atoms with Crippen LogP contribution in [0.4, 0.5) is 0 Å². The monoisotopic (exact) mass is 433 g/mol. The van der Waals surface area contributed by atoms with Crippen LogP contribution in [0.5, 0.6) is 0 Å². The van der Waals surface area contributed by atoms with Crippen LogP contribution in [0.1, 0.15) is 107 Å². The van der Waals surface area contributed by atoms with Crippen molar-refractivity contribution in [1.82, 2.24) is 15.0 Å². The summed E-state index contributed by atoms with van der Waals surface area (Å²) in [7, 11) is 0. The number of pyridine rings is 3. The van der Waals surface area contributed by atoms with E-state index in [0.717, 1.165) is 18.5 Å². The van der Waals surface area contributed by atoms with Gasteiger partial charge in [-0.2, -0.15) is 0 Å². The zero-order chi connectivity index (χ0) is 24.1. The van der Waals surface area contributed by atoms with Crippen molar-refractivity contribution in [3.8, 4) is 0 Å². The minimum Gasteiger partial charge on any atom is -0.261 e. The van der Waals surface area contributed by atoms with E-state index in [0.29, 0.717) is 17.8 Å². The van der Waals surface area contributed by atoms with Gasteiger partial charge in [0.15, 0.2) is 0 Å². The summed E-state index contributed by atoms with van der Waals surface area (Å²) in [6.45, 7) is 19.3. The van der Waals surface area contributed by atoms with Gasteiger partial charge in [-0.15, -0.1) is 0 Å². The summed E-state index contributed by atoms with van der Waals surface area (Å²) in [6, 6.07) is 14.7. The van der Waals surface area contributed by atoms with E-state index in [-0.39, 0.29) is 0 Å². The number of aryl methyl sites for hydroxylation is 3. The van der Waals surface area contributed by atoms with E-state index in [1.165, 1.54) is 28.2 Å². The molecule has 0 N–H and O–H groups in total. The van der Waals surface area contributed by atoms with Crippen molar-refractivity contribution in [2.24, 2.45) is 0 Å². The molecule has 0 radical (unpaired) electrons. The Bertz CT molecular complexity index is 879. The van der Waals surface area contributed by atoms with Crippen LogP contribution in [-0.4, -0.2) is 15.0 Å². The van der Waals surface area contributed by atoms with Crippen molar-refractivity contribution in [3.05, 3.63) is 88.8 Å². The van der Waals surface area contributed by atoms with Crippen LogP contribution in [-0.2, 0) is 12.8 Å². The van der Waals surface area contributed by atoms with Gasteiger partial charge in [-0.1, -0.05) is 73.6 Å². The third-order valence-electron chi connectivity index (χ3n) is 5.26. The van der Waals surface area contributed by atoms with Gasteiger partial charge in [0.2, 0.25) is 0 Å². The Hall–Kier alpha value is -2.55. The summed E-state index contributed by atoms with van der Waals surface area (Å²) in [6.07, 6.45) is 5.97. The van der Waals surface area contributed by atoms with Crippen molar-refractivity contribution in [1.29, 1.82) is 0 Å². The summed E-state index contributed by atoms with van der Waals surface area (Å²) in [5.74, 6) is 1.73.